The molecule has 0 radical (unpaired) electrons. The first kappa shape index (κ1) is 11.2. The predicted octanol–water partition coefficient (Wildman–Crippen LogP) is 0.753. The van der Waals surface area contributed by atoms with Crippen LogP contribution >= 0.6 is 11.6 Å². The predicted molar refractivity (Wildman–Crippen MR) is 55.9 cm³/mol. The molecular weight excluding hydrogens is 222 g/mol. The van der Waals surface area contributed by atoms with Crippen LogP contribution in [-0.4, -0.2) is 9.91 Å². The lowest BCUT2D eigenvalue weighted by Gasteiger charge is -2.12. The van der Waals surface area contributed by atoms with Gasteiger partial charge in [0.15, 0.2) is 5.82 Å². The average molecular weight is 230 g/mol. The highest BCUT2D eigenvalue weighted by Crippen LogP contribution is 2.25. The van der Waals surface area contributed by atoms with Gasteiger partial charge >= 0.3 is 0 Å². The standard InChI is InChI=1S/C7H8ClN5O2/c8-6-3-5(13(14)15)4-11-7(6)12(10)2-1-9/h1-4H,9-10H2/b2-1-. The summed E-state index contributed by atoms with van der Waals surface area (Å²) in [5.41, 5.74) is 4.91. The summed E-state index contributed by atoms with van der Waals surface area (Å²) < 4.78 is 0. The zero-order valence-corrected chi connectivity index (χ0v) is 8.26. The lowest BCUT2D eigenvalue weighted by atomic mass is 10.4. The van der Waals surface area contributed by atoms with Crippen molar-refractivity contribution in [2.45, 2.75) is 0 Å². The summed E-state index contributed by atoms with van der Waals surface area (Å²) in [6.07, 6.45) is 3.57. The van der Waals surface area contributed by atoms with Crippen LogP contribution in [0.15, 0.2) is 24.7 Å². The van der Waals surface area contributed by atoms with Crippen molar-refractivity contribution in [1.29, 1.82) is 0 Å². The second-order valence-electron chi connectivity index (χ2n) is 2.50. The van der Waals surface area contributed by atoms with E-state index >= 15 is 0 Å². The normalized spacial score (nSPS) is 10.5. The Labute approximate surface area is 90.1 Å². The van der Waals surface area contributed by atoms with Gasteiger partial charge in [0.25, 0.3) is 5.69 Å². The van der Waals surface area contributed by atoms with E-state index in [-0.39, 0.29) is 16.5 Å². The summed E-state index contributed by atoms with van der Waals surface area (Å²) in [6.45, 7) is 0. The molecule has 0 saturated heterocycles. The van der Waals surface area contributed by atoms with Crippen LogP contribution in [0.25, 0.3) is 0 Å². The van der Waals surface area contributed by atoms with E-state index in [1.807, 2.05) is 0 Å². The van der Waals surface area contributed by atoms with Crippen LogP contribution in [-0.2, 0) is 0 Å². The molecule has 8 heteroatoms. The largest absolute Gasteiger partial charge is 0.403 e. The molecule has 1 aromatic heterocycles. The number of hydrogen-bond donors (Lipinski definition) is 2. The highest BCUT2D eigenvalue weighted by molar-refractivity contribution is 6.33. The maximum atomic E-state index is 10.4. The first-order chi connectivity index (χ1) is 7.06. The quantitative estimate of drug-likeness (QED) is 0.449. The van der Waals surface area contributed by atoms with Crippen LogP contribution in [0.2, 0.25) is 5.02 Å². The molecule has 0 aliphatic rings. The van der Waals surface area contributed by atoms with Crippen LogP contribution in [0.5, 0.6) is 0 Å². The number of hydrazine groups is 1. The third kappa shape index (κ3) is 2.55. The van der Waals surface area contributed by atoms with Crippen LogP contribution in [0, 0.1) is 10.1 Å². The van der Waals surface area contributed by atoms with Gasteiger partial charge in [-0.05, 0) is 0 Å². The van der Waals surface area contributed by atoms with Gasteiger partial charge in [-0.1, -0.05) is 11.6 Å². The minimum Gasteiger partial charge on any atom is -0.403 e. The fraction of sp³-hybridized carbons (Fsp3) is 0. The number of nitro groups is 1. The summed E-state index contributed by atoms with van der Waals surface area (Å²) in [6, 6.07) is 1.16. The van der Waals surface area contributed by atoms with Crippen molar-refractivity contribution in [3.63, 3.8) is 0 Å². The Morgan fingerprint density at radius 2 is 2.33 bits per heavy atom. The minimum atomic E-state index is -0.595. The molecule has 4 N–H and O–H groups in total. The molecule has 1 rings (SSSR count). The smallest absolute Gasteiger partial charge is 0.289 e. The Hall–Kier alpha value is -1.86. The van der Waals surface area contributed by atoms with E-state index in [2.05, 4.69) is 4.98 Å². The van der Waals surface area contributed by atoms with Gasteiger partial charge in [0.1, 0.15) is 6.20 Å². The number of rotatable bonds is 3. The van der Waals surface area contributed by atoms with Gasteiger partial charge in [0.2, 0.25) is 0 Å². The third-order valence-corrected chi connectivity index (χ3v) is 1.79. The highest BCUT2D eigenvalue weighted by Gasteiger charge is 2.12. The molecule has 80 valence electrons. The molecule has 0 spiro atoms. The van der Waals surface area contributed by atoms with Crippen LogP contribution < -0.4 is 16.6 Å². The van der Waals surface area contributed by atoms with Gasteiger partial charge < -0.3 is 5.73 Å². The maximum absolute atomic E-state index is 10.4. The summed E-state index contributed by atoms with van der Waals surface area (Å²) in [4.78, 5) is 13.5. The van der Waals surface area contributed by atoms with E-state index in [0.717, 1.165) is 17.3 Å². The molecule has 0 bridgehead atoms. The van der Waals surface area contributed by atoms with Gasteiger partial charge in [-0.3, -0.25) is 15.1 Å². The molecule has 1 aromatic rings. The Kier molecular flexibility index (Phi) is 3.42. The second kappa shape index (κ2) is 4.58. The number of pyridine rings is 1. The zero-order valence-electron chi connectivity index (χ0n) is 7.50. The first-order valence-electron chi connectivity index (χ1n) is 3.78. The Morgan fingerprint density at radius 3 is 2.80 bits per heavy atom. The molecule has 1 heterocycles. The van der Waals surface area contributed by atoms with Crippen molar-refractivity contribution in [2.75, 3.05) is 5.01 Å². The van der Waals surface area contributed by atoms with E-state index in [1.54, 1.807) is 0 Å². The van der Waals surface area contributed by atoms with E-state index in [9.17, 15) is 10.1 Å². The van der Waals surface area contributed by atoms with Crippen molar-refractivity contribution in [1.82, 2.24) is 4.98 Å². The SMILES string of the molecule is N/C=C\N(N)c1ncc([N+](=O)[O-])cc1Cl. The Bertz CT molecular complexity index is 408. The fourth-order valence-corrected chi connectivity index (χ4v) is 1.13. The summed E-state index contributed by atoms with van der Waals surface area (Å²) in [5.74, 6) is 5.67. The van der Waals surface area contributed by atoms with Crippen molar-refractivity contribution in [3.05, 3.63) is 39.8 Å². The highest BCUT2D eigenvalue weighted by atomic mass is 35.5. The van der Waals surface area contributed by atoms with Crippen molar-refractivity contribution in [3.8, 4) is 0 Å². The summed E-state index contributed by atoms with van der Waals surface area (Å²) in [5, 5.41) is 11.5. The van der Waals surface area contributed by atoms with Gasteiger partial charge in [-0.2, -0.15) is 0 Å². The van der Waals surface area contributed by atoms with Gasteiger partial charge in [0, 0.05) is 18.5 Å². The fourth-order valence-electron chi connectivity index (χ4n) is 0.874. The lowest BCUT2D eigenvalue weighted by Crippen LogP contribution is -2.25. The molecule has 0 fully saturated rings. The molecule has 0 saturated carbocycles. The number of nitrogens with two attached hydrogens (primary N) is 2. The monoisotopic (exact) mass is 229 g/mol. The van der Waals surface area contributed by atoms with Crippen molar-refractivity contribution < 1.29 is 4.92 Å². The molecular formula is C7H8ClN5O2. The zero-order chi connectivity index (χ0) is 11.4. The van der Waals surface area contributed by atoms with E-state index in [4.69, 9.17) is 23.2 Å². The van der Waals surface area contributed by atoms with Crippen LogP contribution in [0.4, 0.5) is 11.5 Å². The van der Waals surface area contributed by atoms with Crippen molar-refractivity contribution in [2.24, 2.45) is 11.6 Å². The molecule has 0 aliphatic carbocycles. The lowest BCUT2D eigenvalue weighted by molar-refractivity contribution is -0.385. The van der Waals surface area contributed by atoms with Crippen LogP contribution in [0.1, 0.15) is 0 Å². The molecule has 7 nitrogen and oxygen atoms in total. The number of hydrogen-bond acceptors (Lipinski definition) is 6. The van der Waals surface area contributed by atoms with E-state index < -0.39 is 4.92 Å². The molecule has 0 amide bonds. The average Bonchev–Trinajstić information content (AvgIpc) is 2.17. The minimum absolute atomic E-state index is 0.0739. The van der Waals surface area contributed by atoms with Gasteiger partial charge in [0.05, 0.1) is 9.95 Å². The Morgan fingerprint density at radius 1 is 1.67 bits per heavy atom. The van der Waals surface area contributed by atoms with Gasteiger partial charge in [-0.15, -0.1) is 0 Å². The number of anilines is 1. The number of nitrogens with zero attached hydrogens (tertiary/aromatic N) is 3. The van der Waals surface area contributed by atoms with Crippen LogP contribution in [0.3, 0.4) is 0 Å². The molecule has 0 aromatic carbocycles. The molecule has 15 heavy (non-hydrogen) atoms. The number of aromatic nitrogens is 1. The van der Waals surface area contributed by atoms with Crippen molar-refractivity contribution >= 4 is 23.1 Å². The third-order valence-electron chi connectivity index (χ3n) is 1.51. The molecule has 0 aliphatic heterocycles. The maximum Gasteiger partial charge on any atom is 0.289 e. The topological polar surface area (TPSA) is 111 Å². The second-order valence-corrected chi connectivity index (χ2v) is 2.91. The van der Waals surface area contributed by atoms with E-state index in [0.29, 0.717) is 0 Å². The molecule has 0 atom stereocenters. The van der Waals surface area contributed by atoms with Gasteiger partial charge in [-0.25, -0.2) is 10.8 Å². The Balaban J connectivity index is 3.08. The molecule has 0 unspecified atom stereocenters. The summed E-state index contributed by atoms with van der Waals surface area (Å²) >= 11 is 5.74. The van der Waals surface area contributed by atoms with E-state index in [1.165, 1.54) is 12.4 Å². The summed E-state index contributed by atoms with van der Waals surface area (Å²) in [7, 11) is 0. The first-order valence-corrected chi connectivity index (χ1v) is 4.16. The number of halogens is 1.